The van der Waals surface area contributed by atoms with E-state index in [1.54, 1.807) is 0 Å². The SMILES string of the molecule is O=C1OCC(CCO)N1C1CCCCC1. The van der Waals surface area contributed by atoms with Gasteiger partial charge in [0.2, 0.25) is 0 Å². The molecule has 0 radical (unpaired) electrons. The highest BCUT2D eigenvalue weighted by molar-refractivity contribution is 5.70. The van der Waals surface area contributed by atoms with Crippen molar-refractivity contribution < 1.29 is 14.6 Å². The molecule has 0 aromatic heterocycles. The van der Waals surface area contributed by atoms with Gasteiger partial charge in [0.05, 0.1) is 6.04 Å². The van der Waals surface area contributed by atoms with E-state index in [4.69, 9.17) is 9.84 Å². The molecule has 1 saturated heterocycles. The van der Waals surface area contributed by atoms with Crippen LogP contribution in [0.3, 0.4) is 0 Å². The second-order valence-electron chi connectivity index (χ2n) is 4.44. The van der Waals surface area contributed by atoms with Gasteiger partial charge in [0.15, 0.2) is 0 Å². The Morgan fingerprint density at radius 2 is 2.07 bits per heavy atom. The minimum Gasteiger partial charge on any atom is -0.447 e. The predicted octanol–water partition coefficient (Wildman–Crippen LogP) is 1.52. The van der Waals surface area contributed by atoms with Gasteiger partial charge in [-0.2, -0.15) is 0 Å². The lowest BCUT2D eigenvalue weighted by Crippen LogP contribution is -2.43. The second kappa shape index (κ2) is 4.84. The number of rotatable bonds is 3. The molecule has 86 valence electrons. The molecule has 4 nitrogen and oxygen atoms in total. The van der Waals surface area contributed by atoms with Crippen LogP contribution in [-0.4, -0.2) is 41.4 Å². The van der Waals surface area contributed by atoms with E-state index >= 15 is 0 Å². The Bertz CT molecular complexity index is 226. The summed E-state index contributed by atoms with van der Waals surface area (Å²) in [5.74, 6) is 0. The van der Waals surface area contributed by atoms with Crippen LogP contribution in [0.2, 0.25) is 0 Å². The maximum atomic E-state index is 11.6. The van der Waals surface area contributed by atoms with Crippen molar-refractivity contribution in [2.45, 2.75) is 50.6 Å². The van der Waals surface area contributed by atoms with E-state index in [1.807, 2.05) is 4.90 Å². The summed E-state index contributed by atoms with van der Waals surface area (Å²) in [6.07, 6.45) is 6.35. The molecule has 15 heavy (non-hydrogen) atoms. The number of nitrogens with zero attached hydrogens (tertiary/aromatic N) is 1. The monoisotopic (exact) mass is 213 g/mol. The summed E-state index contributed by atoms with van der Waals surface area (Å²) < 4.78 is 5.06. The van der Waals surface area contributed by atoms with E-state index in [1.165, 1.54) is 19.3 Å². The third kappa shape index (κ3) is 2.25. The van der Waals surface area contributed by atoms with E-state index in [-0.39, 0.29) is 18.7 Å². The van der Waals surface area contributed by atoms with Crippen LogP contribution >= 0.6 is 0 Å². The van der Waals surface area contributed by atoms with Crippen molar-refractivity contribution in [1.29, 1.82) is 0 Å². The van der Waals surface area contributed by atoms with Crippen LogP contribution in [0, 0.1) is 0 Å². The maximum Gasteiger partial charge on any atom is 0.410 e. The van der Waals surface area contributed by atoms with Gasteiger partial charge in [-0.05, 0) is 19.3 Å². The van der Waals surface area contributed by atoms with Gasteiger partial charge in [-0.15, -0.1) is 0 Å². The smallest absolute Gasteiger partial charge is 0.410 e. The Balaban J connectivity index is 1.99. The van der Waals surface area contributed by atoms with Gasteiger partial charge in [-0.1, -0.05) is 19.3 Å². The Morgan fingerprint density at radius 3 is 2.73 bits per heavy atom. The molecule has 1 atom stereocenters. The molecule has 2 rings (SSSR count). The first-order valence-corrected chi connectivity index (χ1v) is 5.89. The van der Waals surface area contributed by atoms with Gasteiger partial charge in [-0.25, -0.2) is 4.79 Å². The molecule has 2 aliphatic rings. The quantitative estimate of drug-likeness (QED) is 0.773. The summed E-state index contributed by atoms with van der Waals surface area (Å²) in [5.41, 5.74) is 0. The van der Waals surface area contributed by atoms with Crippen LogP contribution in [0.25, 0.3) is 0 Å². The summed E-state index contributed by atoms with van der Waals surface area (Å²) in [6.45, 7) is 0.584. The highest BCUT2D eigenvalue weighted by Crippen LogP contribution is 2.28. The van der Waals surface area contributed by atoms with Gasteiger partial charge >= 0.3 is 6.09 Å². The number of aliphatic hydroxyl groups is 1. The summed E-state index contributed by atoms with van der Waals surface area (Å²) in [6, 6.07) is 0.455. The van der Waals surface area contributed by atoms with Gasteiger partial charge in [0, 0.05) is 12.6 Å². The largest absolute Gasteiger partial charge is 0.447 e. The van der Waals surface area contributed by atoms with Crippen molar-refractivity contribution in [1.82, 2.24) is 4.90 Å². The number of cyclic esters (lactones) is 1. The van der Waals surface area contributed by atoms with E-state index < -0.39 is 0 Å². The zero-order valence-electron chi connectivity index (χ0n) is 9.02. The average Bonchev–Trinajstić information content (AvgIpc) is 2.62. The molecule has 1 amide bonds. The van der Waals surface area contributed by atoms with Crippen molar-refractivity contribution >= 4 is 6.09 Å². The molecular weight excluding hydrogens is 194 g/mol. The van der Waals surface area contributed by atoms with Crippen LogP contribution in [0.15, 0.2) is 0 Å². The van der Waals surface area contributed by atoms with Crippen molar-refractivity contribution in [3.05, 3.63) is 0 Å². The van der Waals surface area contributed by atoms with Crippen LogP contribution in [0.5, 0.6) is 0 Å². The molecule has 0 aromatic carbocycles. The van der Waals surface area contributed by atoms with E-state index in [0.29, 0.717) is 19.1 Å². The van der Waals surface area contributed by atoms with Gasteiger partial charge in [0.1, 0.15) is 6.61 Å². The second-order valence-corrected chi connectivity index (χ2v) is 4.44. The standard InChI is InChI=1S/C11H19NO3/c13-7-6-10-8-15-11(14)12(10)9-4-2-1-3-5-9/h9-10,13H,1-8H2. The van der Waals surface area contributed by atoms with Crippen molar-refractivity contribution in [3.8, 4) is 0 Å². The molecular formula is C11H19NO3. The third-order valence-corrected chi connectivity index (χ3v) is 3.43. The van der Waals surface area contributed by atoms with E-state index in [2.05, 4.69) is 0 Å². The lowest BCUT2D eigenvalue weighted by atomic mass is 9.93. The summed E-state index contributed by atoms with van der Waals surface area (Å²) >= 11 is 0. The maximum absolute atomic E-state index is 11.6. The van der Waals surface area contributed by atoms with Crippen molar-refractivity contribution in [3.63, 3.8) is 0 Å². The predicted molar refractivity (Wildman–Crippen MR) is 55.6 cm³/mol. The number of carbonyl (C=O) groups excluding carboxylic acids is 1. The topological polar surface area (TPSA) is 49.8 Å². The lowest BCUT2D eigenvalue weighted by Gasteiger charge is -2.33. The first-order valence-electron chi connectivity index (χ1n) is 5.89. The first kappa shape index (κ1) is 10.7. The van der Waals surface area contributed by atoms with Crippen molar-refractivity contribution in [2.75, 3.05) is 13.2 Å². The van der Waals surface area contributed by atoms with Gasteiger partial charge in [0.25, 0.3) is 0 Å². The number of hydrogen-bond donors (Lipinski definition) is 1. The number of ether oxygens (including phenoxy) is 1. The Labute approximate surface area is 90.2 Å². The summed E-state index contributed by atoms with van der Waals surface area (Å²) in [7, 11) is 0. The van der Waals surface area contributed by atoms with Crippen LogP contribution < -0.4 is 0 Å². The molecule has 1 aliphatic carbocycles. The molecule has 1 heterocycles. The number of hydrogen-bond acceptors (Lipinski definition) is 3. The molecule has 0 aromatic rings. The van der Waals surface area contributed by atoms with E-state index in [9.17, 15) is 4.79 Å². The summed E-state index contributed by atoms with van der Waals surface area (Å²) in [4.78, 5) is 13.5. The Hall–Kier alpha value is -0.770. The molecule has 1 aliphatic heterocycles. The zero-order chi connectivity index (χ0) is 10.7. The molecule has 0 bridgehead atoms. The molecule has 0 spiro atoms. The highest BCUT2D eigenvalue weighted by Gasteiger charge is 2.37. The fourth-order valence-electron chi connectivity index (χ4n) is 2.65. The minimum atomic E-state index is -0.180. The third-order valence-electron chi connectivity index (χ3n) is 3.43. The first-order chi connectivity index (χ1) is 7.33. The van der Waals surface area contributed by atoms with Crippen LogP contribution in [0.1, 0.15) is 38.5 Å². The van der Waals surface area contributed by atoms with Crippen LogP contribution in [0.4, 0.5) is 4.79 Å². The number of amides is 1. The molecule has 4 heteroatoms. The Morgan fingerprint density at radius 1 is 1.33 bits per heavy atom. The van der Waals surface area contributed by atoms with Crippen molar-refractivity contribution in [2.24, 2.45) is 0 Å². The zero-order valence-corrected chi connectivity index (χ0v) is 9.02. The molecule has 2 fully saturated rings. The average molecular weight is 213 g/mol. The molecule has 1 unspecified atom stereocenters. The highest BCUT2D eigenvalue weighted by atomic mass is 16.6. The fourth-order valence-corrected chi connectivity index (χ4v) is 2.65. The van der Waals surface area contributed by atoms with Crippen LogP contribution in [-0.2, 0) is 4.74 Å². The fraction of sp³-hybridized carbons (Fsp3) is 0.909. The Kier molecular flexibility index (Phi) is 3.46. The lowest BCUT2D eigenvalue weighted by molar-refractivity contribution is 0.126. The number of aliphatic hydroxyl groups excluding tert-OH is 1. The van der Waals surface area contributed by atoms with Gasteiger partial charge in [-0.3, -0.25) is 4.90 Å². The molecule has 1 saturated carbocycles. The normalized spacial score (nSPS) is 28.2. The minimum absolute atomic E-state index is 0.102. The number of carbonyl (C=O) groups is 1. The molecule has 1 N–H and O–H groups in total. The van der Waals surface area contributed by atoms with E-state index in [0.717, 1.165) is 12.8 Å². The van der Waals surface area contributed by atoms with Gasteiger partial charge < -0.3 is 9.84 Å². The summed E-state index contributed by atoms with van der Waals surface area (Å²) in [5, 5.41) is 8.94.